The van der Waals surface area contributed by atoms with Gasteiger partial charge in [0.05, 0.1) is 16.3 Å². The minimum absolute atomic E-state index is 0.0323. The van der Waals surface area contributed by atoms with Crippen LogP contribution in [0.5, 0.6) is 0 Å². The number of benzene rings is 2. The van der Waals surface area contributed by atoms with E-state index in [1.165, 1.54) is 24.8 Å². The van der Waals surface area contributed by atoms with Gasteiger partial charge in [-0.25, -0.2) is 12.7 Å². The number of sulfonamides is 1. The predicted molar refractivity (Wildman–Crippen MR) is 116 cm³/mol. The molecule has 0 radical (unpaired) electrons. The van der Waals surface area contributed by atoms with E-state index in [1.54, 1.807) is 43.3 Å². The molecule has 1 amide bonds. The van der Waals surface area contributed by atoms with E-state index in [-0.39, 0.29) is 16.6 Å². The van der Waals surface area contributed by atoms with Crippen LogP contribution in [-0.2, 0) is 14.8 Å². The third kappa shape index (κ3) is 4.98. The van der Waals surface area contributed by atoms with Gasteiger partial charge in [0.1, 0.15) is 0 Å². The summed E-state index contributed by atoms with van der Waals surface area (Å²) in [6.45, 7) is 1.70. The van der Waals surface area contributed by atoms with Gasteiger partial charge in [-0.1, -0.05) is 35.5 Å². The number of tetrazole rings is 1. The largest absolute Gasteiger partial charge is 0.325 e. The van der Waals surface area contributed by atoms with Crippen molar-refractivity contribution in [2.24, 2.45) is 0 Å². The molecule has 12 heteroatoms. The van der Waals surface area contributed by atoms with Gasteiger partial charge in [0.25, 0.3) is 0 Å². The molecule has 0 fully saturated rings. The summed E-state index contributed by atoms with van der Waals surface area (Å²) >= 11 is 7.15. The van der Waals surface area contributed by atoms with E-state index in [2.05, 4.69) is 20.8 Å². The van der Waals surface area contributed by atoms with Crippen LogP contribution in [-0.4, -0.2) is 58.7 Å². The maximum atomic E-state index is 12.4. The minimum atomic E-state index is -3.62. The van der Waals surface area contributed by atoms with Gasteiger partial charge in [-0.2, -0.15) is 4.68 Å². The van der Waals surface area contributed by atoms with E-state index in [9.17, 15) is 13.2 Å². The number of nitrogens with zero attached hydrogens (tertiary/aromatic N) is 5. The van der Waals surface area contributed by atoms with Gasteiger partial charge in [-0.15, -0.1) is 5.10 Å². The molecule has 0 atom stereocenters. The van der Waals surface area contributed by atoms with E-state index in [4.69, 9.17) is 11.6 Å². The van der Waals surface area contributed by atoms with Crippen molar-refractivity contribution >= 4 is 45.0 Å². The number of halogens is 1. The number of thioether (sulfide) groups is 1. The molecule has 0 aliphatic rings. The molecule has 0 saturated carbocycles. The smallest absolute Gasteiger partial charge is 0.242 e. The molecule has 158 valence electrons. The topological polar surface area (TPSA) is 110 Å². The van der Waals surface area contributed by atoms with Crippen molar-refractivity contribution in [3.8, 4) is 5.69 Å². The van der Waals surface area contributed by atoms with E-state index in [0.29, 0.717) is 27.1 Å². The summed E-state index contributed by atoms with van der Waals surface area (Å²) in [6, 6.07) is 11.8. The zero-order valence-corrected chi connectivity index (χ0v) is 18.8. The molecule has 0 bridgehead atoms. The SMILES string of the molecule is Cc1ccc(NC(=O)CSc2nnnn2-c2cccc(Cl)c2)cc1S(=O)(=O)N(C)C. The van der Waals surface area contributed by atoms with Crippen LogP contribution >= 0.6 is 23.4 Å². The highest BCUT2D eigenvalue weighted by molar-refractivity contribution is 7.99. The van der Waals surface area contributed by atoms with Crippen LogP contribution in [0.1, 0.15) is 5.56 Å². The summed E-state index contributed by atoms with van der Waals surface area (Å²) in [5.74, 6) is -0.289. The lowest BCUT2D eigenvalue weighted by Gasteiger charge is -2.15. The average Bonchev–Trinajstić information content (AvgIpc) is 3.16. The van der Waals surface area contributed by atoms with Crippen LogP contribution < -0.4 is 5.32 Å². The molecule has 0 saturated heterocycles. The third-order valence-corrected chi connectivity index (χ3v) is 7.17. The number of hydrogen-bond donors (Lipinski definition) is 1. The van der Waals surface area contributed by atoms with E-state index in [1.807, 2.05) is 0 Å². The Morgan fingerprint density at radius 1 is 1.23 bits per heavy atom. The normalized spacial score (nSPS) is 11.6. The first-order chi connectivity index (χ1) is 14.2. The van der Waals surface area contributed by atoms with Crippen molar-refractivity contribution in [1.82, 2.24) is 24.5 Å². The Labute approximate surface area is 183 Å². The van der Waals surface area contributed by atoms with Crippen molar-refractivity contribution in [1.29, 1.82) is 0 Å². The lowest BCUT2D eigenvalue weighted by molar-refractivity contribution is -0.113. The standard InChI is InChI=1S/C18H19ClN6O3S2/c1-12-7-8-14(10-16(12)30(27,28)24(2)3)20-17(26)11-29-18-21-22-23-25(18)15-6-4-5-13(19)9-15/h4-10H,11H2,1-3H3,(H,20,26). The number of anilines is 1. The van der Waals surface area contributed by atoms with Gasteiger partial charge in [0.2, 0.25) is 21.1 Å². The van der Waals surface area contributed by atoms with Crippen molar-refractivity contribution in [2.45, 2.75) is 17.0 Å². The van der Waals surface area contributed by atoms with Crippen LogP contribution in [0, 0.1) is 6.92 Å². The van der Waals surface area contributed by atoms with Crippen LogP contribution in [0.15, 0.2) is 52.5 Å². The Morgan fingerprint density at radius 3 is 2.70 bits per heavy atom. The first kappa shape index (κ1) is 22.2. The Morgan fingerprint density at radius 2 is 2.00 bits per heavy atom. The van der Waals surface area contributed by atoms with Gasteiger partial charge in [0, 0.05) is 24.8 Å². The number of nitrogens with one attached hydrogen (secondary N) is 1. The van der Waals surface area contributed by atoms with Crippen LogP contribution in [0.2, 0.25) is 5.02 Å². The molecule has 30 heavy (non-hydrogen) atoms. The monoisotopic (exact) mass is 466 g/mol. The molecule has 0 aliphatic carbocycles. The van der Waals surface area contributed by atoms with Crippen molar-refractivity contribution in [3.05, 3.63) is 53.1 Å². The third-order valence-electron chi connectivity index (χ3n) is 4.06. The predicted octanol–water partition coefficient (Wildman–Crippen LogP) is 2.61. The number of rotatable bonds is 7. The summed E-state index contributed by atoms with van der Waals surface area (Å²) in [4.78, 5) is 12.5. The van der Waals surface area contributed by atoms with Gasteiger partial charge < -0.3 is 5.32 Å². The summed E-state index contributed by atoms with van der Waals surface area (Å²) in [6.07, 6.45) is 0. The molecule has 0 spiro atoms. The number of amides is 1. The minimum Gasteiger partial charge on any atom is -0.325 e. The Kier molecular flexibility index (Phi) is 6.76. The fraction of sp³-hybridized carbons (Fsp3) is 0.222. The second-order valence-electron chi connectivity index (χ2n) is 6.46. The quantitative estimate of drug-likeness (QED) is 0.533. The van der Waals surface area contributed by atoms with Crippen LogP contribution in [0.3, 0.4) is 0 Å². The highest BCUT2D eigenvalue weighted by Gasteiger charge is 2.20. The first-order valence-corrected chi connectivity index (χ1v) is 11.5. The molecule has 0 unspecified atom stereocenters. The molecular formula is C18H19ClN6O3S2. The second kappa shape index (κ2) is 9.13. The lowest BCUT2D eigenvalue weighted by atomic mass is 10.2. The zero-order valence-electron chi connectivity index (χ0n) is 16.4. The molecule has 1 N–H and O–H groups in total. The van der Waals surface area contributed by atoms with E-state index >= 15 is 0 Å². The summed E-state index contributed by atoms with van der Waals surface area (Å²) < 4.78 is 27.5. The van der Waals surface area contributed by atoms with Crippen LogP contribution in [0.4, 0.5) is 5.69 Å². The summed E-state index contributed by atoms with van der Waals surface area (Å²) in [5.41, 5.74) is 1.66. The van der Waals surface area contributed by atoms with Crippen molar-refractivity contribution in [2.75, 3.05) is 25.2 Å². The number of carbonyl (C=O) groups excluding carboxylic acids is 1. The van der Waals surface area contributed by atoms with Crippen LogP contribution in [0.25, 0.3) is 5.69 Å². The number of aromatic nitrogens is 4. The Hall–Kier alpha value is -2.47. The number of hydrogen-bond acceptors (Lipinski definition) is 7. The van der Waals surface area contributed by atoms with Crippen molar-refractivity contribution < 1.29 is 13.2 Å². The maximum absolute atomic E-state index is 12.4. The number of carbonyl (C=O) groups is 1. The Balaban J connectivity index is 1.70. The van der Waals surface area contributed by atoms with Gasteiger partial charge >= 0.3 is 0 Å². The van der Waals surface area contributed by atoms with Gasteiger partial charge in [-0.05, 0) is 53.2 Å². The first-order valence-electron chi connectivity index (χ1n) is 8.68. The lowest BCUT2D eigenvalue weighted by Crippen LogP contribution is -2.23. The second-order valence-corrected chi connectivity index (χ2v) is 9.96. The fourth-order valence-electron chi connectivity index (χ4n) is 2.52. The van der Waals surface area contributed by atoms with E-state index in [0.717, 1.165) is 16.1 Å². The van der Waals surface area contributed by atoms with Gasteiger partial charge in [0.15, 0.2) is 0 Å². The summed E-state index contributed by atoms with van der Waals surface area (Å²) in [5, 5.41) is 15.2. The summed E-state index contributed by atoms with van der Waals surface area (Å²) in [7, 11) is -0.699. The maximum Gasteiger partial charge on any atom is 0.242 e. The molecule has 2 aromatic carbocycles. The van der Waals surface area contributed by atoms with Crippen molar-refractivity contribution in [3.63, 3.8) is 0 Å². The average molecular weight is 467 g/mol. The number of aryl methyl sites for hydroxylation is 1. The van der Waals surface area contributed by atoms with E-state index < -0.39 is 10.0 Å². The Bertz CT molecular complexity index is 1180. The zero-order chi connectivity index (χ0) is 21.9. The molecular weight excluding hydrogens is 448 g/mol. The fourth-order valence-corrected chi connectivity index (χ4v) is 4.54. The molecule has 0 aliphatic heterocycles. The molecule has 1 aromatic heterocycles. The molecule has 3 aromatic rings. The highest BCUT2D eigenvalue weighted by atomic mass is 35.5. The van der Waals surface area contributed by atoms with Gasteiger partial charge in [-0.3, -0.25) is 4.79 Å². The molecule has 3 rings (SSSR count). The molecule has 1 heterocycles. The molecule has 9 nitrogen and oxygen atoms in total. The highest BCUT2D eigenvalue weighted by Crippen LogP contribution is 2.24.